The van der Waals surface area contributed by atoms with Crippen LogP contribution in [0.5, 0.6) is 0 Å². The number of hydrogen-bond donors (Lipinski definition) is 1. The van der Waals surface area contributed by atoms with E-state index in [-0.39, 0.29) is 5.97 Å². The van der Waals surface area contributed by atoms with Crippen LogP contribution in [0, 0.1) is 5.92 Å². The van der Waals surface area contributed by atoms with Crippen LogP contribution in [0.3, 0.4) is 0 Å². The van der Waals surface area contributed by atoms with Crippen molar-refractivity contribution in [2.24, 2.45) is 5.92 Å². The summed E-state index contributed by atoms with van der Waals surface area (Å²) in [6.07, 6.45) is 4.70. The molecule has 3 nitrogen and oxygen atoms in total. The maximum atomic E-state index is 11.1. The zero-order chi connectivity index (χ0) is 8.77. The molecule has 2 rings (SSSR count). The van der Waals surface area contributed by atoms with Crippen molar-refractivity contribution in [3.8, 4) is 0 Å². The van der Waals surface area contributed by atoms with Gasteiger partial charge in [-0.1, -0.05) is 0 Å². The van der Waals surface area contributed by atoms with Crippen molar-refractivity contribution in [3.05, 3.63) is 11.6 Å². The molecule has 1 heterocycles. The Morgan fingerprint density at radius 1 is 1.75 bits per heavy atom. The third kappa shape index (κ3) is 1.50. The maximum absolute atomic E-state index is 11.1. The van der Waals surface area contributed by atoms with Gasteiger partial charge in [0, 0.05) is 12.5 Å². The molecule has 0 unspecified atom stereocenters. The number of carbonyl (C=O) groups is 1. The highest BCUT2D eigenvalue weighted by molar-refractivity contribution is 5.91. The maximum Gasteiger partial charge on any atom is 0.336 e. The number of rotatable bonds is 2. The molecule has 0 saturated heterocycles. The highest BCUT2D eigenvalue weighted by Crippen LogP contribution is 2.37. The minimum absolute atomic E-state index is 0.355. The molecule has 0 bridgehead atoms. The Morgan fingerprint density at radius 3 is 2.83 bits per heavy atom. The number of carbonyl (C=O) groups excluding carboxylic acids is 1. The van der Waals surface area contributed by atoms with Crippen molar-refractivity contribution < 1.29 is 14.6 Å². The summed E-state index contributed by atoms with van der Waals surface area (Å²) >= 11 is 0. The van der Waals surface area contributed by atoms with Crippen LogP contribution in [0.1, 0.15) is 26.2 Å². The predicted molar refractivity (Wildman–Crippen MR) is 42.1 cm³/mol. The van der Waals surface area contributed by atoms with E-state index in [4.69, 9.17) is 4.74 Å². The first kappa shape index (κ1) is 7.80. The minimum Gasteiger partial charge on any atom is -0.426 e. The summed E-state index contributed by atoms with van der Waals surface area (Å²) in [5.41, 5.74) is 0.641. The zero-order valence-electron chi connectivity index (χ0n) is 7.04. The Balaban J connectivity index is 2.07. The van der Waals surface area contributed by atoms with Gasteiger partial charge in [0.15, 0.2) is 0 Å². The van der Waals surface area contributed by atoms with Gasteiger partial charge >= 0.3 is 5.97 Å². The fourth-order valence-corrected chi connectivity index (χ4v) is 1.44. The van der Waals surface area contributed by atoms with Gasteiger partial charge in [0.1, 0.15) is 0 Å². The molecule has 66 valence electrons. The smallest absolute Gasteiger partial charge is 0.336 e. The van der Waals surface area contributed by atoms with E-state index in [2.05, 4.69) is 0 Å². The molecule has 1 aliphatic carbocycles. The van der Waals surface area contributed by atoms with Crippen LogP contribution < -0.4 is 0 Å². The van der Waals surface area contributed by atoms with Crippen LogP contribution in [0.2, 0.25) is 0 Å². The number of ether oxygens (including phenoxy) is 1. The van der Waals surface area contributed by atoms with Gasteiger partial charge < -0.3 is 9.84 Å². The normalized spacial score (nSPS) is 34.8. The number of hydrogen-bond acceptors (Lipinski definition) is 3. The van der Waals surface area contributed by atoms with Crippen molar-refractivity contribution in [3.63, 3.8) is 0 Å². The van der Waals surface area contributed by atoms with E-state index in [1.165, 1.54) is 25.8 Å². The third-order valence-corrected chi connectivity index (χ3v) is 2.21. The van der Waals surface area contributed by atoms with Gasteiger partial charge in [-0.15, -0.1) is 0 Å². The van der Waals surface area contributed by atoms with Gasteiger partial charge in [0.2, 0.25) is 5.79 Å². The van der Waals surface area contributed by atoms with Crippen LogP contribution in [-0.2, 0) is 9.53 Å². The van der Waals surface area contributed by atoms with E-state index in [1.54, 1.807) is 0 Å². The Bertz CT molecular complexity index is 248. The molecule has 0 aromatic heterocycles. The van der Waals surface area contributed by atoms with Gasteiger partial charge in [-0.25, -0.2) is 4.79 Å². The molecule has 0 amide bonds. The molecule has 0 spiro atoms. The highest BCUT2D eigenvalue weighted by atomic mass is 16.7. The number of esters is 1. The highest BCUT2D eigenvalue weighted by Gasteiger charge is 2.36. The molecule has 1 saturated carbocycles. The van der Waals surface area contributed by atoms with Gasteiger partial charge in [0.25, 0.3) is 0 Å². The Morgan fingerprint density at radius 2 is 2.42 bits per heavy atom. The Labute approximate surface area is 71.0 Å². The summed E-state index contributed by atoms with van der Waals surface area (Å²) < 4.78 is 4.71. The first-order chi connectivity index (χ1) is 5.57. The van der Waals surface area contributed by atoms with Gasteiger partial charge in [-0.3, -0.25) is 0 Å². The van der Waals surface area contributed by atoms with Crippen LogP contribution >= 0.6 is 0 Å². The van der Waals surface area contributed by atoms with Crippen molar-refractivity contribution in [1.29, 1.82) is 0 Å². The fraction of sp³-hybridized carbons (Fsp3) is 0.667. The molecular weight excluding hydrogens is 156 g/mol. The van der Waals surface area contributed by atoms with Gasteiger partial charge in [-0.2, -0.15) is 0 Å². The topological polar surface area (TPSA) is 46.5 Å². The molecule has 1 aliphatic heterocycles. The quantitative estimate of drug-likeness (QED) is 0.625. The second-order valence-corrected chi connectivity index (χ2v) is 3.76. The molecule has 3 heteroatoms. The van der Waals surface area contributed by atoms with Crippen molar-refractivity contribution in [2.75, 3.05) is 0 Å². The second-order valence-electron chi connectivity index (χ2n) is 3.76. The lowest BCUT2D eigenvalue weighted by Gasteiger charge is -2.11. The van der Waals surface area contributed by atoms with E-state index in [1.807, 2.05) is 0 Å². The average Bonchev–Trinajstić information content (AvgIpc) is 2.63. The standard InChI is InChI=1S/C9H12O3/c1-9(11)5-7(8(10)12-9)4-6-2-3-6/h5-6,11H,2-4H2,1H3/t9-/m1/s1. The summed E-state index contributed by atoms with van der Waals surface area (Å²) in [6, 6.07) is 0. The molecule has 1 fully saturated rings. The Kier molecular flexibility index (Phi) is 1.51. The molecule has 0 radical (unpaired) electrons. The average molecular weight is 168 g/mol. The lowest BCUT2D eigenvalue weighted by atomic mass is 10.1. The van der Waals surface area contributed by atoms with Gasteiger partial charge in [0.05, 0.1) is 0 Å². The molecular formula is C9H12O3. The summed E-state index contributed by atoms with van der Waals surface area (Å²) in [7, 11) is 0. The second kappa shape index (κ2) is 2.33. The first-order valence-electron chi connectivity index (χ1n) is 4.24. The summed E-state index contributed by atoms with van der Waals surface area (Å²) in [4.78, 5) is 11.1. The largest absolute Gasteiger partial charge is 0.426 e. The molecule has 0 aromatic carbocycles. The van der Waals surface area contributed by atoms with Crippen molar-refractivity contribution >= 4 is 5.97 Å². The van der Waals surface area contributed by atoms with Crippen LogP contribution in [0.15, 0.2) is 11.6 Å². The fourth-order valence-electron chi connectivity index (χ4n) is 1.44. The van der Waals surface area contributed by atoms with Crippen LogP contribution in [0.25, 0.3) is 0 Å². The number of cyclic esters (lactones) is 1. The number of aliphatic hydroxyl groups is 1. The summed E-state index contributed by atoms with van der Waals surface area (Å²) in [5.74, 6) is -1.06. The molecule has 0 aromatic rings. The molecule has 1 N–H and O–H groups in total. The van der Waals surface area contributed by atoms with E-state index in [0.29, 0.717) is 11.5 Å². The summed E-state index contributed by atoms with van der Waals surface area (Å²) in [5, 5.41) is 9.35. The lowest BCUT2D eigenvalue weighted by Crippen LogP contribution is -2.22. The third-order valence-electron chi connectivity index (χ3n) is 2.21. The lowest BCUT2D eigenvalue weighted by molar-refractivity contribution is -0.172. The van der Waals surface area contributed by atoms with E-state index in [9.17, 15) is 9.90 Å². The zero-order valence-corrected chi connectivity index (χ0v) is 7.04. The van der Waals surface area contributed by atoms with Crippen molar-refractivity contribution in [2.45, 2.75) is 32.0 Å². The summed E-state index contributed by atoms with van der Waals surface area (Å²) in [6.45, 7) is 1.48. The van der Waals surface area contributed by atoms with E-state index in [0.717, 1.165) is 6.42 Å². The Hall–Kier alpha value is -0.830. The first-order valence-corrected chi connectivity index (χ1v) is 4.24. The molecule has 1 atom stereocenters. The molecule has 12 heavy (non-hydrogen) atoms. The van der Waals surface area contributed by atoms with Crippen LogP contribution in [0.4, 0.5) is 0 Å². The minimum atomic E-state index is -1.36. The van der Waals surface area contributed by atoms with Crippen molar-refractivity contribution in [1.82, 2.24) is 0 Å². The van der Waals surface area contributed by atoms with E-state index >= 15 is 0 Å². The monoisotopic (exact) mass is 168 g/mol. The SMILES string of the molecule is C[C@]1(O)C=C(CC2CC2)C(=O)O1. The molecule has 2 aliphatic rings. The van der Waals surface area contributed by atoms with Crippen LogP contribution in [-0.4, -0.2) is 16.9 Å². The van der Waals surface area contributed by atoms with Gasteiger partial charge in [-0.05, 0) is 31.3 Å². The van der Waals surface area contributed by atoms with E-state index < -0.39 is 5.79 Å². The predicted octanol–water partition coefficient (Wildman–Crippen LogP) is 0.978.